The normalized spacial score (nSPS) is 18.4. The predicted molar refractivity (Wildman–Crippen MR) is 191 cm³/mol. The number of hydrogen-bond donors (Lipinski definition) is 0. The Bertz CT molecular complexity index is 1730. The highest BCUT2D eigenvalue weighted by Crippen LogP contribution is 2.55. The molecule has 238 valence electrons. The van der Waals surface area contributed by atoms with Crippen LogP contribution in [0.2, 0.25) is 0 Å². The highest BCUT2D eigenvalue weighted by Gasteiger charge is 2.47. The van der Waals surface area contributed by atoms with E-state index in [2.05, 4.69) is 42.5 Å². The smallest absolute Gasteiger partial charge is 0.338 e. The molecule has 0 fully saturated rings. The highest BCUT2D eigenvalue weighted by molar-refractivity contribution is 5.99. The summed E-state index contributed by atoms with van der Waals surface area (Å²) < 4.78 is 11.4. The van der Waals surface area contributed by atoms with Gasteiger partial charge in [0, 0.05) is 16.9 Å². The number of rotatable bonds is 12. The summed E-state index contributed by atoms with van der Waals surface area (Å²) in [6.45, 7) is 4.21. The van der Waals surface area contributed by atoms with Gasteiger partial charge in [0.1, 0.15) is 0 Å². The van der Waals surface area contributed by atoms with E-state index in [9.17, 15) is 9.59 Å². The lowest BCUT2D eigenvalue weighted by Crippen LogP contribution is -2.37. The number of esters is 2. The molecule has 4 aromatic rings. The van der Waals surface area contributed by atoms with E-state index in [1.165, 1.54) is 0 Å². The Morgan fingerprint density at radius 3 is 1.77 bits per heavy atom. The average molecular weight is 623 g/mol. The number of allylic oxidation sites excluding steroid dienone is 2. The third-order valence-electron chi connectivity index (χ3n) is 8.65. The number of carbonyl (C=O) groups excluding carboxylic acids is 2. The molecule has 0 bridgehead atoms. The Morgan fingerprint density at radius 1 is 0.681 bits per heavy atom. The second kappa shape index (κ2) is 16.4. The van der Waals surface area contributed by atoms with Crippen molar-refractivity contribution in [2.24, 2.45) is 5.41 Å². The van der Waals surface area contributed by atoms with E-state index >= 15 is 0 Å². The van der Waals surface area contributed by atoms with E-state index in [0.29, 0.717) is 30.4 Å². The van der Waals surface area contributed by atoms with Crippen molar-refractivity contribution < 1.29 is 19.1 Å². The molecule has 4 heteroatoms. The predicted octanol–water partition coefficient (Wildman–Crippen LogP) is 9.87. The molecule has 0 N–H and O–H groups in total. The van der Waals surface area contributed by atoms with Crippen LogP contribution in [0, 0.1) is 5.41 Å². The van der Waals surface area contributed by atoms with E-state index in [-0.39, 0.29) is 31.1 Å². The van der Waals surface area contributed by atoms with Gasteiger partial charge in [-0.1, -0.05) is 140 Å². The summed E-state index contributed by atoms with van der Waals surface area (Å²) in [6, 6.07) is 40.2. The Labute approximate surface area is 278 Å². The van der Waals surface area contributed by atoms with Gasteiger partial charge in [-0.3, -0.25) is 0 Å². The minimum atomic E-state index is -0.676. The topological polar surface area (TPSA) is 52.6 Å². The molecule has 2 atom stereocenters. The van der Waals surface area contributed by atoms with Crippen molar-refractivity contribution in [2.75, 3.05) is 13.2 Å². The van der Waals surface area contributed by atoms with Gasteiger partial charge in [-0.2, -0.15) is 0 Å². The van der Waals surface area contributed by atoms with Gasteiger partial charge in [0.25, 0.3) is 0 Å². The van der Waals surface area contributed by atoms with E-state index in [0.717, 1.165) is 27.8 Å². The number of hydrogen-bond acceptors (Lipinski definition) is 4. The van der Waals surface area contributed by atoms with Crippen molar-refractivity contribution in [3.63, 3.8) is 0 Å². The molecule has 5 rings (SSSR count). The van der Waals surface area contributed by atoms with Crippen LogP contribution in [0.5, 0.6) is 0 Å². The molecule has 4 nitrogen and oxygen atoms in total. The molecular formula is C43H42O4. The van der Waals surface area contributed by atoms with Gasteiger partial charge < -0.3 is 9.47 Å². The standard InChI is InChI=1S/C43H42O4/c1-3-46-41(44)38(30-34-20-11-6-12-21-34)37-27-29-43(28-17-24-33-18-9-5-10-19-33,39(32-37)36-25-15-8-16-26-36)40(42(45)47-4-2)31-35-22-13-7-14-23-35/h5-26,30-32,39H,3-4,27-29H2,1-2H3/b24-17+,38-30-,40-31+/t39-,43+/m1/s1. The van der Waals surface area contributed by atoms with Crippen LogP contribution >= 0.6 is 0 Å². The quantitative estimate of drug-likeness (QED) is 0.117. The maximum atomic E-state index is 14.1. The molecule has 0 aromatic heterocycles. The maximum Gasteiger partial charge on any atom is 0.338 e. The molecule has 0 unspecified atom stereocenters. The fraction of sp³-hybridized carbons (Fsp3) is 0.209. The van der Waals surface area contributed by atoms with Crippen molar-refractivity contribution in [1.82, 2.24) is 0 Å². The van der Waals surface area contributed by atoms with Crippen LogP contribution in [-0.2, 0) is 19.1 Å². The molecule has 0 saturated heterocycles. The van der Waals surface area contributed by atoms with Crippen LogP contribution in [0.15, 0.2) is 150 Å². The monoisotopic (exact) mass is 622 g/mol. The summed E-state index contributed by atoms with van der Waals surface area (Å²) >= 11 is 0. The zero-order valence-electron chi connectivity index (χ0n) is 27.2. The van der Waals surface area contributed by atoms with Crippen molar-refractivity contribution >= 4 is 30.2 Å². The summed E-state index contributed by atoms with van der Waals surface area (Å²) in [7, 11) is 0. The summed E-state index contributed by atoms with van der Waals surface area (Å²) in [5.74, 6) is -0.926. The molecule has 0 heterocycles. The molecule has 0 amide bonds. The van der Waals surface area contributed by atoms with Gasteiger partial charge in [-0.25, -0.2) is 9.59 Å². The first-order valence-electron chi connectivity index (χ1n) is 16.4. The molecular weight excluding hydrogens is 580 g/mol. The van der Waals surface area contributed by atoms with E-state index in [1.807, 2.05) is 123 Å². The van der Waals surface area contributed by atoms with Crippen LogP contribution in [0.4, 0.5) is 0 Å². The number of carbonyl (C=O) groups is 2. The fourth-order valence-corrected chi connectivity index (χ4v) is 6.41. The van der Waals surface area contributed by atoms with Crippen LogP contribution in [0.3, 0.4) is 0 Å². The maximum absolute atomic E-state index is 14.1. The molecule has 0 radical (unpaired) electrons. The van der Waals surface area contributed by atoms with Gasteiger partial charge in [-0.15, -0.1) is 0 Å². The molecule has 47 heavy (non-hydrogen) atoms. The summed E-state index contributed by atoms with van der Waals surface area (Å²) in [5.41, 5.74) is 5.40. The van der Waals surface area contributed by atoms with Crippen molar-refractivity contribution in [3.05, 3.63) is 172 Å². The fourth-order valence-electron chi connectivity index (χ4n) is 6.41. The number of benzene rings is 4. The van der Waals surface area contributed by atoms with Gasteiger partial charge in [-0.05, 0) is 73.1 Å². The third kappa shape index (κ3) is 8.33. The molecule has 0 aliphatic heterocycles. The Morgan fingerprint density at radius 2 is 1.19 bits per heavy atom. The Hall–Kier alpha value is -5.22. The first kappa shape index (κ1) is 33.2. The third-order valence-corrected chi connectivity index (χ3v) is 8.65. The number of ether oxygens (including phenoxy) is 2. The zero-order valence-corrected chi connectivity index (χ0v) is 27.2. The summed E-state index contributed by atoms with van der Waals surface area (Å²) in [6.07, 6.45) is 12.2. The average Bonchev–Trinajstić information content (AvgIpc) is 3.11. The second-order valence-electron chi connectivity index (χ2n) is 11.6. The van der Waals surface area contributed by atoms with E-state index in [4.69, 9.17) is 9.47 Å². The van der Waals surface area contributed by atoms with Crippen LogP contribution in [-0.4, -0.2) is 25.2 Å². The van der Waals surface area contributed by atoms with E-state index < -0.39 is 5.41 Å². The van der Waals surface area contributed by atoms with Crippen LogP contribution < -0.4 is 0 Å². The van der Waals surface area contributed by atoms with Gasteiger partial charge >= 0.3 is 11.9 Å². The van der Waals surface area contributed by atoms with Gasteiger partial charge in [0.2, 0.25) is 0 Å². The lowest BCUT2D eigenvalue weighted by atomic mass is 9.58. The van der Waals surface area contributed by atoms with Gasteiger partial charge in [0.15, 0.2) is 0 Å². The van der Waals surface area contributed by atoms with Crippen LogP contribution in [0.1, 0.15) is 61.3 Å². The van der Waals surface area contributed by atoms with Crippen molar-refractivity contribution in [3.8, 4) is 0 Å². The van der Waals surface area contributed by atoms with Crippen molar-refractivity contribution in [1.29, 1.82) is 0 Å². The minimum absolute atomic E-state index is 0.249. The Kier molecular flexibility index (Phi) is 11.5. The molecule has 1 aliphatic rings. The largest absolute Gasteiger partial charge is 0.463 e. The van der Waals surface area contributed by atoms with Gasteiger partial charge in [0.05, 0.1) is 18.8 Å². The molecule has 4 aromatic carbocycles. The van der Waals surface area contributed by atoms with E-state index in [1.54, 1.807) is 0 Å². The first-order chi connectivity index (χ1) is 23.0. The van der Waals surface area contributed by atoms with Crippen LogP contribution in [0.25, 0.3) is 18.2 Å². The second-order valence-corrected chi connectivity index (χ2v) is 11.6. The lowest BCUT2D eigenvalue weighted by molar-refractivity contribution is -0.140. The highest BCUT2D eigenvalue weighted by atomic mass is 16.5. The molecule has 1 aliphatic carbocycles. The first-order valence-corrected chi connectivity index (χ1v) is 16.4. The SMILES string of the molecule is CCOC(=O)/C(=C\c1ccccc1)C1=C[C@H](c2ccccc2)[C@@](C/C=C/c2ccccc2)(/C(=C/c2ccccc2)C(=O)OCC)CC1. The zero-order chi connectivity index (χ0) is 32.9. The molecule has 0 saturated carbocycles. The summed E-state index contributed by atoms with van der Waals surface area (Å²) in [4.78, 5) is 27.6. The molecule has 0 spiro atoms. The summed E-state index contributed by atoms with van der Waals surface area (Å²) in [5, 5.41) is 0. The lowest BCUT2D eigenvalue weighted by Gasteiger charge is -2.44. The minimum Gasteiger partial charge on any atom is -0.463 e. The Balaban J connectivity index is 1.73. The van der Waals surface area contributed by atoms with Crippen molar-refractivity contribution in [2.45, 2.75) is 39.0 Å².